The van der Waals surface area contributed by atoms with E-state index in [-0.39, 0.29) is 30.0 Å². The van der Waals surface area contributed by atoms with Crippen molar-refractivity contribution in [1.82, 2.24) is 10.3 Å². The van der Waals surface area contributed by atoms with E-state index < -0.39 is 5.97 Å². The molecule has 0 aromatic carbocycles. The number of pyridine rings is 1. The fourth-order valence-corrected chi connectivity index (χ4v) is 1.17. The van der Waals surface area contributed by atoms with E-state index in [4.69, 9.17) is 9.84 Å². The highest BCUT2D eigenvalue weighted by Crippen LogP contribution is 2.14. The lowest BCUT2D eigenvalue weighted by Crippen LogP contribution is -2.34. The van der Waals surface area contributed by atoms with E-state index in [2.05, 4.69) is 10.3 Å². The molecule has 0 unspecified atom stereocenters. The minimum Gasteiger partial charge on any atom is -0.481 e. The van der Waals surface area contributed by atoms with Crippen LogP contribution in [0.2, 0.25) is 0 Å². The number of carboxylic acids is 1. The standard InChI is InChI=1S/C11H14N2O4/c1-7(2)13-9(14)6-17-8-4-3-5-12-10(8)11(15)16/h3-5,7H,6H2,1-2H3,(H,13,14)(H,15,16). The number of rotatable bonds is 5. The molecule has 0 fully saturated rings. The number of ether oxygens (including phenoxy) is 1. The second-order valence-electron chi connectivity index (χ2n) is 3.67. The van der Waals surface area contributed by atoms with E-state index >= 15 is 0 Å². The minimum atomic E-state index is -1.19. The Morgan fingerprint density at radius 1 is 1.53 bits per heavy atom. The van der Waals surface area contributed by atoms with Crippen LogP contribution in [0.5, 0.6) is 5.75 Å². The fourth-order valence-electron chi connectivity index (χ4n) is 1.17. The van der Waals surface area contributed by atoms with E-state index in [0.717, 1.165) is 0 Å². The summed E-state index contributed by atoms with van der Waals surface area (Å²) in [6, 6.07) is 3.01. The highest BCUT2D eigenvalue weighted by Gasteiger charge is 2.13. The summed E-state index contributed by atoms with van der Waals surface area (Å²) in [5.74, 6) is -1.41. The molecule has 92 valence electrons. The summed E-state index contributed by atoms with van der Waals surface area (Å²) in [6.07, 6.45) is 1.35. The smallest absolute Gasteiger partial charge is 0.358 e. The Kier molecular flexibility index (Phi) is 4.45. The van der Waals surface area contributed by atoms with Crippen molar-refractivity contribution in [3.8, 4) is 5.75 Å². The van der Waals surface area contributed by atoms with Gasteiger partial charge in [-0.3, -0.25) is 4.79 Å². The van der Waals surface area contributed by atoms with Gasteiger partial charge in [-0.15, -0.1) is 0 Å². The number of hydrogen-bond donors (Lipinski definition) is 2. The van der Waals surface area contributed by atoms with Gasteiger partial charge >= 0.3 is 5.97 Å². The SMILES string of the molecule is CC(C)NC(=O)COc1cccnc1C(=O)O. The second kappa shape index (κ2) is 5.83. The van der Waals surface area contributed by atoms with Gasteiger partial charge in [-0.05, 0) is 26.0 Å². The predicted octanol–water partition coefficient (Wildman–Crippen LogP) is 0.683. The van der Waals surface area contributed by atoms with Crippen molar-refractivity contribution in [3.63, 3.8) is 0 Å². The first-order valence-electron chi connectivity index (χ1n) is 5.11. The zero-order chi connectivity index (χ0) is 12.8. The molecule has 0 aliphatic heterocycles. The first-order chi connectivity index (χ1) is 8.00. The van der Waals surface area contributed by atoms with E-state index in [1.807, 2.05) is 13.8 Å². The average Bonchev–Trinajstić information content (AvgIpc) is 2.25. The summed E-state index contributed by atoms with van der Waals surface area (Å²) in [4.78, 5) is 25.8. The molecule has 0 aliphatic rings. The van der Waals surface area contributed by atoms with E-state index in [9.17, 15) is 9.59 Å². The van der Waals surface area contributed by atoms with Crippen LogP contribution in [0, 0.1) is 0 Å². The lowest BCUT2D eigenvalue weighted by atomic mass is 10.3. The van der Waals surface area contributed by atoms with Gasteiger partial charge in [0, 0.05) is 12.2 Å². The molecule has 0 saturated heterocycles. The van der Waals surface area contributed by atoms with Crippen molar-refractivity contribution in [2.24, 2.45) is 0 Å². The zero-order valence-corrected chi connectivity index (χ0v) is 9.64. The van der Waals surface area contributed by atoms with Gasteiger partial charge in [-0.25, -0.2) is 9.78 Å². The molecule has 1 aromatic heterocycles. The topological polar surface area (TPSA) is 88.5 Å². The van der Waals surface area contributed by atoms with Crippen molar-refractivity contribution in [3.05, 3.63) is 24.0 Å². The Morgan fingerprint density at radius 3 is 2.82 bits per heavy atom. The summed E-state index contributed by atoms with van der Waals surface area (Å²) in [5.41, 5.74) is -0.204. The number of aromatic carboxylic acids is 1. The van der Waals surface area contributed by atoms with Crippen LogP contribution in [0.15, 0.2) is 18.3 Å². The molecule has 0 saturated carbocycles. The molecule has 17 heavy (non-hydrogen) atoms. The maximum Gasteiger partial charge on any atom is 0.358 e. The molecule has 0 radical (unpaired) electrons. The van der Waals surface area contributed by atoms with Crippen molar-refractivity contribution in [1.29, 1.82) is 0 Å². The van der Waals surface area contributed by atoms with Crippen LogP contribution in [0.1, 0.15) is 24.3 Å². The molecule has 0 spiro atoms. The largest absolute Gasteiger partial charge is 0.481 e. The number of nitrogens with zero attached hydrogens (tertiary/aromatic N) is 1. The molecular formula is C11H14N2O4. The first-order valence-corrected chi connectivity index (χ1v) is 5.11. The van der Waals surface area contributed by atoms with Crippen molar-refractivity contribution in [2.45, 2.75) is 19.9 Å². The van der Waals surface area contributed by atoms with Crippen LogP contribution in [0.4, 0.5) is 0 Å². The number of hydrogen-bond acceptors (Lipinski definition) is 4. The lowest BCUT2D eigenvalue weighted by Gasteiger charge is -2.10. The van der Waals surface area contributed by atoms with E-state index in [1.54, 1.807) is 6.07 Å². The lowest BCUT2D eigenvalue weighted by molar-refractivity contribution is -0.123. The van der Waals surface area contributed by atoms with E-state index in [0.29, 0.717) is 0 Å². The molecule has 1 amide bonds. The van der Waals surface area contributed by atoms with Crippen molar-refractivity contribution >= 4 is 11.9 Å². The third-order valence-electron chi connectivity index (χ3n) is 1.78. The van der Waals surface area contributed by atoms with Crippen LogP contribution >= 0.6 is 0 Å². The Labute approximate surface area is 98.6 Å². The van der Waals surface area contributed by atoms with Crippen LogP contribution < -0.4 is 10.1 Å². The monoisotopic (exact) mass is 238 g/mol. The number of carbonyl (C=O) groups excluding carboxylic acids is 1. The number of aromatic nitrogens is 1. The predicted molar refractivity (Wildman–Crippen MR) is 60.0 cm³/mol. The first kappa shape index (κ1) is 13.0. The van der Waals surface area contributed by atoms with Gasteiger partial charge in [0.05, 0.1) is 0 Å². The van der Waals surface area contributed by atoms with Crippen LogP contribution in [-0.2, 0) is 4.79 Å². The van der Waals surface area contributed by atoms with Gasteiger partial charge in [0.15, 0.2) is 18.1 Å². The van der Waals surface area contributed by atoms with Gasteiger partial charge in [0.2, 0.25) is 0 Å². The Morgan fingerprint density at radius 2 is 2.24 bits per heavy atom. The molecule has 1 heterocycles. The van der Waals surface area contributed by atoms with Crippen molar-refractivity contribution < 1.29 is 19.4 Å². The molecule has 2 N–H and O–H groups in total. The number of carboxylic acid groups (broad SMARTS) is 1. The quantitative estimate of drug-likeness (QED) is 0.787. The molecule has 1 rings (SSSR count). The number of carbonyl (C=O) groups is 2. The maximum absolute atomic E-state index is 11.3. The third-order valence-corrected chi connectivity index (χ3v) is 1.78. The Hall–Kier alpha value is -2.11. The summed E-state index contributed by atoms with van der Waals surface area (Å²) in [5, 5.41) is 11.5. The highest BCUT2D eigenvalue weighted by atomic mass is 16.5. The van der Waals surface area contributed by atoms with Gasteiger partial charge in [0.25, 0.3) is 5.91 Å². The Bertz CT molecular complexity index is 418. The highest BCUT2D eigenvalue weighted by molar-refractivity contribution is 5.88. The molecule has 0 bridgehead atoms. The van der Waals surface area contributed by atoms with Gasteiger partial charge in [-0.1, -0.05) is 0 Å². The summed E-state index contributed by atoms with van der Waals surface area (Å²) in [7, 11) is 0. The summed E-state index contributed by atoms with van der Waals surface area (Å²) >= 11 is 0. The molecule has 1 aromatic rings. The molecular weight excluding hydrogens is 224 g/mol. The normalized spacial score (nSPS) is 10.1. The molecule has 0 atom stereocenters. The van der Waals surface area contributed by atoms with E-state index in [1.165, 1.54) is 12.3 Å². The third kappa shape index (κ3) is 4.10. The minimum absolute atomic E-state index is 0.0129. The van der Waals surface area contributed by atoms with Crippen LogP contribution in [-0.4, -0.2) is 34.6 Å². The number of nitrogens with one attached hydrogen (secondary N) is 1. The van der Waals surface area contributed by atoms with Crippen molar-refractivity contribution in [2.75, 3.05) is 6.61 Å². The van der Waals surface area contributed by atoms with Gasteiger partial charge in [-0.2, -0.15) is 0 Å². The summed E-state index contributed by atoms with van der Waals surface area (Å²) < 4.78 is 5.11. The molecule has 6 nitrogen and oxygen atoms in total. The molecule has 6 heteroatoms. The van der Waals surface area contributed by atoms with Gasteiger partial charge in [0.1, 0.15) is 0 Å². The average molecular weight is 238 g/mol. The maximum atomic E-state index is 11.3. The fraction of sp³-hybridized carbons (Fsp3) is 0.364. The second-order valence-corrected chi connectivity index (χ2v) is 3.67. The summed E-state index contributed by atoms with van der Waals surface area (Å²) in [6.45, 7) is 3.42. The van der Waals surface area contributed by atoms with Crippen LogP contribution in [0.3, 0.4) is 0 Å². The van der Waals surface area contributed by atoms with Crippen LogP contribution in [0.25, 0.3) is 0 Å². The molecule has 0 aliphatic carbocycles. The number of amides is 1. The zero-order valence-electron chi connectivity index (χ0n) is 9.64. The van der Waals surface area contributed by atoms with Gasteiger partial charge < -0.3 is 15.2 Å². The Balaban J connectivity index is 2.63.